The molecule has 1 N–H and O–H groups in total. The van der Waals surface area contributed by atoms with Crippen molar-refractivity contribution >= 4 is 5.97 Å². The zero-order valence-corrected chi connectivity index (χ0v) is 11.8. The molecule has 2 fully saturated rings. The van der Waals surface area contributed by atoms with Crippen LogP contribution in [0, 0.1) is 11.8 Å². The van der Waals surface area contributed by atoms with Crippen molar-refractivity contribution in [1.29, 1.82) is 0 Å². The van der Waals surface area contributed by atoms with Crippen molar-refractivity contribution in [3.8, 4) is 0 Å². The lowest BCUT2D eigenvalue weighted by Gasteiger charge is -2.38. The molecule has 18 heavy (non-hydrogen) atoms. The van der Waals surface area contributed by atoms with E-state index in [0.29, 0.717) is 0 Å². The van der Waals surface area contributed by atoms with E-state index in [9.17, 15) is 9.90 Å². The van der Waals surface area contributed by atoms with Crippen LogP contribution in [0.3, 0.4) is 0 Å². The van der Waals surface area contributed by atoms with Crippen molar-refractivity contribution in [2.75, 3.05) is 13.1 Å². The smallest absolute Gasteiger partial charge is 0.324 e. The molecule has 0 bridgehead atoms. The van der Waals surface area contributed by atoms with Crippen molar-refractivity contribution in [2.45, 2.75) is 64.3 Å². The van der Waals surface area contributed by atoms with Gasteiger partial charge >= 0.3 is 5.97 Å². The lowest BCUT2D eigenvalue weighted by molar-refractivity contribution is -0.150. The van der Waals surface area contributed by atoms with Gasteiger partial charge in [0.25, 0.3) is 0 Å². The van der Waals surface area contributed by atoms with Gasteiger partial charge in [-0.05, 0) is 50.5 Å². The summed E-state index contributed by atoms with van der Waals surface area (Å²) in [5.41, 5.74) is -0.553. The normalized spacial score (nSPS) is 37.9. The van der Waals surface area contributed by atoms with E-state index in [4.69, 9.17) is 0 Å². The van der Waals surface area contributed by atoms with E-state index in [1.807, 2.05) is 6.92 Å². The largest absolute Gasteiger partial charge is 0.480 e. The molecule has 104 valence electrons. The zero-order chi connectivity index (χ0) is 13.2. The Morgan fingerprint density at radius 1 is 1.33 bits per heavy atom. The minimum absolute atomic E-state index is 0.553. The minimum Gasteiger partial charge on any atom is -0.480 e. The first kappa shape index (κ1) is 13.9. The molecule has 1 saturated heterocycles. The number of nitrogens with zero attached hydrogens (tertiary/aromatic N) is 1. The third kappa shape index (κ3) is 2.56. The first-order valence-electron chi connectivity index (χ1n) is 7.57. The molecule has 1 aliphatic carbocycles. The third-order valence-electron chi connectivity index (χ3n) is 5.22. The summed E-state index contributed by atoms with van der Waals surface area (Å²) < 4.78 is 0. The molecule has 1 heterocycles. The number of aliphatic carboxylic acids is 1. The number of hydrogen-bond donors (Lipinski definition) is 1. The molecule has 0 aromatic rings. The topological polar surface area (TPSA) is 40.5 Å². The SMILES string of the molecule is CCC1(C(=O)O)CCCN1CC1CCC(C)CC1. The van der Waals surface area contributed by atoms with E-state index < -0.39 is 11.5 Å². The Balaban J connectivity index is 1.97. The van der Waals surface area contributed by atoms with Crippen LogP contribution in [-0.4, -0.2) is 34.6 Å². The number of hydrogen-bond acceptors (Lipinski definition) is 2. The van der Waals surface area contributed by atoms with Gasteiger partial charge in [0.1, 0.15) is 5.54 Å². The molecule has 0 spiro atoms. The van der Waals surface area contributed by atoms with Crippen molar-refractivity contribution in [2.24, 2.45) is 11.8 Å². The first-order chi connectivity index (χ1) is 8.58. The number of likely N-dealkylation sites (tertiary alicyclic amines) is 1. The van der Waals surface area contributed by atoms with Crippen LogP contribution in [0.15, 0.2) is 0 Å². The molecule has 1 saturated carbocycles. The summed E-state index contributed by atoms with van der Waals surface area (Å²) in [5, 5.41) is 9.56. The fraction of sp³-hybridized carbons (Fsp3) is 0.933. The summed E-state index contributed by atoms with van der Waals surface area (Å²) >= 11 is 0. The predicted octanol–water partition coefficient (Wildman–Crippen LogP) is 3.14. The molecule has 1 atom stereocenters. The number of carboxylic acid groups (broad SMARTS) is 1. The summed E-state index contributed by atoms with van der Waals surface area (Å²) in [7, 11) is 0. The standard InChI is InChI=1S/C15H27NO2/c1-3-15(14(17)18)9-4-10-16(15)11-13-7-5-12(2)6-8-13/h12-13H,3-11H2,1-2H3,(H,17,18). The molecule has 2 aliphatic rings. The highest BCUT2D eigenvalue weighted by atomic mass is 16.4. The highest BCUT2D eigenvalue weighted by Gasteiger charge is 2.46. The third-order valence-corrected chi connectivity index (χ3v) is 5.22. The summed E-state index contributed by atoms with van der Waals surface area (Å²) in [6, 6.07) is 0. The van der Waals surface area contributed by atoms with Gasteiger partial charge in [-0.1, -0.05) is 26.7 Å². The molecule has 0 aromatic heterocycles. The second-order valence-electron chi connectivity index (χ2n) is 6.37. The van der Waals surface area contributed by atoms with E-state index in [-0.39, 0.29) is 0 Å². The Bertz CT molecular complexity index is 297. The van der Waals surface area contributed by atoms with Crippen molar-refractivity contribution < 1.29 is 9.90 Å². The van der Waals surface area contributed by atoms with Gasteiger partial charge in [-0.2, -0.15) is 0 Å². The summed E-state index contributed by atoms with van der Waals surface area (Å²) in [6.45, 7) is 6.34. The van der Waals surface area contributed by atoms with Crippen LogP contribution in [0.5, 0.6) is 0 Å². The number of carbonyl (C=O) groups is 1. The molecular formula is C15H27NO2. The average Bonchev–Trinajstić information content (AvgIpc) is 2.76. The van der Waals surface area contributed by atoms with Crippen LogP contribution < -0.4 is 0 Å². The van der Waals surface area contributed by atoms with Crippen LogP contribution in [0.1, 0.15) is 58.8 Å². The lowest BCUT2D eigenvalue weighted by atomic mass is 9.82. The Labute approximate surface area is 111 Å². The average molecular weight is 253 g/mol. The predicted molar refractivity (Wildman–Crippen MR) is 72.6 cm³/mol. The molecule has 0 radical (unpaired) electrons. The zero-order valence-electron chi connectivity index (χ0n) is 11.8. The lowest BCUT2D eigenvalue weighted by Crippen LogP contribution is -2.51. The van der Waals surface area contributed by atoms with E-state index in [0.717, 1.165) is 44.2 Å². The van der Waals surface area contributed by atoms with E-state index in [2.05, 4.69) is 11.8 Å². The van der Waals surface area contributed by atoms with Crippen LogP contribution in [0.2, 0.25) is 0 Å². The second-order valence-corrected chi connectivity index (χ2v) is 6.37. The minimum atomic E-state index is -0.605. The van der Waals surface area contributed by atoms with Crippen molar-refractivity contribution in [3.63, 3.8) is 0 Å². The van der Waals surface area contributed by atoms with E-state index in [1.54, 1.807) is 0 Å². The summed E-state index contributed by atoms with van der Waals surface area (Å²) in [4.78, 5) is 13.9. The number of rotatable bonds is 4. The van der Waals surface area contributed by atoms with Gasteiger partial charge in [-0.15, -0.1) is 0 Å². The van der Waals surface area contributed by atoms with Gasteiger partial charge in [0.15, 0.2) is 0 Å². The van der Waals surface area contributed by atoms with Gasteiger partial charge < -0.3 is 5.11 Å². The second kappa shape index (κ2) is 5.60. The maximum absolute atomic E-state index is 11.6. The van der Waals surface area contributed by atoms with Crippen LogP contribution in [0.4, 0.5) is 0 Å². The van der Waals surface area contributed by atoms with Gasteiger partial charge in [0, 0.05) is 6.54 Å². The molecular weight excluding hydrogens is 226 g/mol. The summed E-state index contributed by atoms with van der Waals surface area (Å²) in [5.74, 6) is 0.992. The Kier molecular flexibility index (Phi) is 4.31. The Morgan fingerprint density at radius 3 is 2.56 bits per heavy atom. The number of carboxylic acids is 1. The van der Waals surface area contributed by atoms with Gasteiger partial charge in [0.05, 0.1) is 0 Å². The van der Waals surface area contributed by atoms with E-state index in [1.165, 1.54) is 25.7 Å². The quantitative estimate of drug-likeness (QED) is 0.836. The molecule has 1 unspecified atom stereocenters. The van der Waals surface area contributed by atoms with Crippen LogP contribution in [0.25, 0.3) is 0 Å². The molecule has 0 amide bonds. The van der Waals surface area contributed by atoms with Crippen LogP contribution in [-0.2, 0) is 4.79 Å². The highest BCUT2D eigenvalue weighted by Crippen LogP contribution is 2.36. The van der Waals surface area contributed by atoms with Gasteiger partial charge in [0.2, 0.25) is 0 Å². The Hall–Kier alpha value is -0.570. The fourth-order valence-electron chi connectivity index (χ4n) is 3.82. The van der Waals surface area contributed by atoms with E-state index >= 15 is 0 Å². The van der Waals surface area contributed by atoms with Crippen molar-refractivity contribution in [3.05, 3.63) is 0 Å². The van der Waals surface area contributed by atoms with Crippen molar-refractivity contribution in [1.82, 2.24) is 4.90 Å². The first-order valence-corrected chi connectivity index (χ1v) is 7.57. The molecule has 3 heteroatoms. The van der Waals surface area contributed by atoms with Gasteiger partial charge in [-0.25, -0.2) is 0 Å². The molecule has 0 aromatic carbocycles. The maximum atomic E-state index is 11.6. The van der Waals surface area contributed by atoms with Gasteiger partial charge in [-0.3, -0.25) is 9.69 Å². The highest BCUT2D eigenvalue weighted by molar-refractivity contribution is 5.79. The molecule has 3 nitrogen and oxygen atoms in total. The fourth-order valence-corrected chi connectivity index (χ4v) is 3.82. The molecule has 1 aliphatic heterocycles. The maximum Gasteiger partial charge on any atom is 0.324 e. The molecule has 2 rings (SSSR count). The summed E-state index contributed by atoms with van der Waals surface area (Å²) in [6.07, 6.45) is 7.85. The van der Waals surface area contributed by atoms with Crippen LogP contribution >= 0.6 is 0 Å². The Morgan fingerprint density at radius 2 is 2.00 bits per heavy atom. The monoisotopic (exact) mass is 253 g/mol.